The number of anilines is 1. The minimum absolute atomic E-state index is 0. The molecule has 0 spiro atoms. The van der Waals surface area contributed by atoms with Crippen molar-refractivity contribution in [1.29, 1.82) is 0 Å². The molecule has 2 aromatic rings. The lowest BCUT2D eigenvalue weighted by Crippen LogP contribution is -2.44. The minimum atomic E-state index is -0.0624. The van der Waals surface area contributed by atoms with Crippen LogP contribution in [0.2, 0.25) is 5.02 Å². The van der Waals surface area contributed by atoms with Gasteiger partial charge in [0.25, 0.3) is 5.91 Å². The Bertz CT molecular complexity index is 894. The summed E-state index contributed by atoms with van der Waals surface area (Å²) < 4.78 is 0. The van der Waals surface area contributed by atoms with E-state index in [0.717, 1.165) is 43.4 Å². The number of carbonyl (C=O) groups excluding carboxylic acids is 1. The first-order chi connectivity index (χ1) is 14.6. The maximum absolute atomic E-state index is 12.0. The number of hydrogen-bond acceptors (Lipinski definition) is 4. The molecule has 1 aliphatic heterocycles. The molecule has 0 aliphatic carbocycles. The van der Waals surface area contributed by atoms with Crippen LogP contribution in [0.4, 0.5) is 5.82 Å². The van der Waals surface area contributed by atoms with Crippen molar-refractivity contribution >= 4 is 53.3 Å². The van der Waals surface area contributed by atoms with E-state index in [1.54, 1.807) is 6.20 Å². The van der Waals surface area contributed by atoms with Gasteiger partial charge in [-0.15, -0.1) is 24.0 Å². The second-order valence-electron chi connectivity index (χ2n) is 7.14. The summed E-state index contributed by atoms with van der Waals surface area (Å²) in [6.45, 7) is 7.53. The molecule has 1 aromatic heterocycles. The van der Waals surface area contributed by atoms with Crippen LogP contribution in [0, 0.1) is 0 Å². The number of rotatable bonds is 7. The van der Waals surface area contributed by atoms with Crippen molar-refractivity contribution in [3.8, 4) is 0 Å². The molecule has 168 valence electrons. The smallest absolute Gasteiger partial charge is 0.251 e. The molecule has 1 fully saturated rings. The Morgan fingerprint density at radius 2 is 2.03 bits per heavy atom. The van der Waals surface area contributed by atoms with Crippen LogP contribution in [-0.4, -0.2) is 49.1 Å². The molecule has 1 unspecified atom stereocenters. The fourth-order valence-electron chi connectivity index (χ4n) is 3.44. The molecule has 1 aliphatic rings. The van der Waals surface area contributed by atoms with E-state index in [9.17, 15) is 4.79 Å². The molecule has 1 amide bonds. The molecule has 1 saturated heterocycles. The molecule has 3 rings (SSSR count). The van der Waals surface area contributed by atoms with E-state index in [4.69, 9.17) is 16.6 Å². The summed E-state index contributed by atoms with van der Waals surface area (Å²) in [5, 5.41) is 10.3. The molecule has 0 saturated carbocycles. The lowest BCUT2D eigenvalue weighted by atomic mass is 10.1. The van der Waals surface area contributed by atoms with Gasteiger partial charge in [0.15, 0.2) is 5.96 Å². The third kappa shape index (κ3) is 7.24. The average Bonchev–Trinajstić information content (AvgIpc) is 3.21. The standard InChI is InChI=1S/C22H29ClN6O.HI/c1-3-24-21(30)17-8-5-7-16(13-17)14-27-22(25-4-2)28-18-10-12-29(15-18)20-19(23)9-6-11-26-20;/h5-9,11,13,18H,3-4,10,12,14-15H2,1-2H3,(H,24,30)(H2,25,27,28);1H. The monoisotopic (exact) mass is 556 g/mol. The van der Waals surface area contributed by atoms with Gasteiger partial charge in [0.05, 0.1) is 11.6 Å². The Kier molecular flexibility index (Phi) is 10.3. The number of aliphatic imine (C=N–C) groups is 1. The zero-order valence-corrected chi connectivity index (χ0v) is 21.0. The van der Waals surface area contributed by atoms with Crippen molar-refractivity contribution in [2.75, 3.05) is 31.1 Å². The second-order valence-corrected chi connectivity index (χ2v) is 7.55. The lowest BCUT2D eigenvalue weighted by molar-refractivity contribution is 0.0955. The van der Waals surface area contributed by atoms with Gasteiger partial charge in [-0.2, -0.15) is 0 Å². The van der Waals surface area contributed by atoms with Gasteiger partial charge in [0.2, 0.25) is 0 Å². The number of benzene rings is 1. The third-order valence-corrected chi connectivity index (χ3v) is 5.15. The summed E-state index contributed by atoms with van der Waals surface area (Å²) in [5.41, 5.74) is 1.64. The Hall–Kier alpha value is -2.07. The Labute approximate surface area is 206 Å². The van der Waals surface area contributed by atoms with E-state index in [0.29, 0.717) is 23.7 Å². The van der Waals surface area contributed by atoms with Crippen LogP contribution in [-0.2, 0) is 6.54 Å². The topological polar surface area (TPSA) is 81.6 Å². The van der Waals surface area contributed by atoms with Gasteiger partial charge >= 0.3 is 0 Å². The summed E-state index contributed by atoms with van der Waals surface area (Å²) in [6.07, 6.45) is 2.74. The van der Waals surface area contributed by atoms with Crippen molar-refractivity contribution < 1.29 is 4.79 Å². The molecule has 1 atom stereocenters. The number of carbonyl (C=O) groups is 1. The van der Waals surface area contributed by atoms with Crippen LogP contribution in [0.5, 0.6) is 0 Å². The van der Waals surface area contributed by atoms with Crippen molar-refractivity contribution in [2.24, 2.45) is 4.99 Å². The van der Waals surface area contributed by atoms with Gasteiger partial charge in [-0.25, -0.2) is 9.98 Å². The van der Waals surface area contributed by atoms with E-state index >= 15 is 0 Å². The van der Waals surface area contributed by atoms with E-state index in [2.05, 4.69) is 25.8 Å². The van der Waals surface area contributed by atoms with Crippen LogP contribution < -0.4 is 20.9 Å². The summed E-state index contributed by atoms with van der Waals surface area (Å²) in [6, 6.07) is 11.5. The molecule has 9 heteroatoms. The van der Waals surface area contributed by atoms with Crippen LogP contribution in [0.15, 0.2) is 47.6 Å². The van der Waals surface area contributed by atoms with E-state index < -0.39 is 0 Å². The normalized spacial score (nSPS) is 15.9. The van der Waals surface area contributed by atoms with Gasteiger partial charge in [0.1, 0.15) is 5.82 Å². The molecular weight excluding hydrogens is 527 g/mol. The first-order valence-electron chi connectivity index (χ1n) is 10.4. The van der Waals surface area contributed by atoms with Gasteiger partial charge < -0.3 is 20.9 Å². The number of guanidine groups is 1. The highest BCUT2D eigenvalue weighted by molar-refractivity contribution is 14.0. The zero-order chi connectivity index (χ0) is 21.3. The fraction of sp³-hybridized carbons (Fsp3) is 0.409. The number of hydrogen-bond donors (Lipinski definition) is 3. The van der Waals surface area contributed by atoms with Crippen LogP contribution in [0.25, 0.3) is 0 Å². The number of amides is 1. The Morgan fingerprint density at radius 3 is 2.77 bits per heavy atom. The largest absolute Gasteiger partial charge is 0.357 e. The quantitative estimate of drug-likeness (QED) is 0.277. The SMILES string of the molecule is CCNC(=O)c1cccc(CN=C(NCC)NC2CCN(c3ncccc3Cl)C2)c1.I. The van der Waals surface area contributed by atoms with Crippen molar-refractivity contribution in [1.82, 2.24) is 20.9 Å². The summed E-state index contributed by atoms with van der Waals surface area (Å²) in [7, 11) is 0. The highest BCUT2D eigenvalue weighted by Crippen LogP contribution is 2.25. The minimum Gasteiger partial charge on any atom is -0.357 e. The maximum Gasteiger partial charge on any atom is 0.251 e. The number of nitrogens with zero attached hydrogens (tertiary/aromatic N) is 3. The predicted molar refractivity (Wildman–Crippen MR) is 138 cm³/mol. The summed E-state index contributed by atoms with van der Waals surface area (Å²) in [4.78, 5) is 23.4. The van der Waals surface area contributed by atoms with Gasteiger partial charge in [-0.3, -0.25) is 4.79 Å². The van der Waals surface area contributed by atoms with Crippen molar-refractivity contribution in [3.63, 3.8) is 0 Å². The molecule has 0 radical (unpaired) electrons. The van der Waals surface area contributed by atoms with Crippen molar-refractivity contribution in [2.45, 2.75) is 32.9 Å². The van der Waals surface area contributed by atoms with Gasteiger partial charge in [-0.1, -0.05) is 23.7 Å². The molecule has 2 heterocycles. The molecule has 1 aromatic carbocycles. The summed E-state index contributed by atoms with van der Waals surface area (Å²) >= 11 is 6.29. The number of pyridine rings is 1. The van der Waals surface area contributed by atoms with E-state index in [1.165, 1.54) is 0 Å². The molecule has 0 bridgehead atoms. The summed E-state index contributed by atoms with van der Waals surface area (Å²) in [5.74, 6) is 1.53. The van der Waals surface area contributed by atoms with Crippen molar-refractivity contribution in [3.05, 3.63) is 58.7 Å². The first-order valence-corrected chi connectivity index (χ1v) is 10.8. The molecule has 7 nitrogen and oxygen atoms in total. The lowest BCUT2D eigenvalue weighted by Gasteiger charge is -2.20. The highest BCUT2D eigenvalue weighted by Gasteiger charge is 2.25. The Morgan fingerprint density at radius 1 is 1.23 bits per heavy atom. The van der Waals surface area contributed by atoms with E-state index in [-0.39, 0.29) is 35.9 Å². The zero-order valence-electron chi connectivity index (χ0n) is 17.9. The second kappa shape index (κ2) is 12.7. The molecular formula is C22H30ClIN6O. The van der Waals surface area contributed by atoms with Crippen LogP contribution >= 0.6 is 35.6 Å². The first kappa shape index (κ1) is 25.2. The average molecular weight is 557 g/mol. The molecule has 3 N–H and O–H groups in total. The fourth-order valence-corrected chi connectivity index (χ4v) is 3.68. The third-order valence-electron chi connectivity index (χ3n) is 4.86. The molecule has 31 heavy (non-hydrogen) atoms. The van der Waals surface area contributed by atoms with Gasteiger partial charge in [-0.05, 0) is 50.1 Å². The number of aromatic nitrogens is 1. The van der Waals surface area contributed by atoms with Crippen LogP contribution in [0.1, 0.15) is 36.2 Å². The van der Waals surface area contributed by atoms with Crippen LogP contribution in [0.3, 0.4) is 0 Å². The van der Waals surface area contributed by atoms with E-state index in [1.807, 2.05) is 50.2 Å². The van der Waals surface area contributed by atoms with Gasteiger partial charge in [0, 0.05) is 44.0 Å². The predicted octanol–water partition coefficient (Wildman–Crippen LogP) is 3.44. The number of halogens is 2. The maximum atomic E-state index is 12.0. The Balaban J connectivity index is 0.00000341. The highest BCUT2D eigenvalue weighted by atomic mass is 127. The number of nitrogens with one attached hydrogen (secondary N) is 3.